The van der Waals surface area contributed by atoms with Gasteiger partial charge in [-0.1, -0.05) is 0 Å². The first-order valence-electron chi connectivity index (χ1n) is 5.74. The molecule has 0 radical (unpaired) electrons. The van der Waals surface area contributed by atoms with E-state index in [2.05, 4.69) is 4.98 Å². The molecule has 0 aliphatic heterocycles. The molecule has 0 bridgehead atoms. The average molecular weight is 245 g/mol. The second kappa shape index (κ2) is 5.35. The highest BCUT2D eigenvalue weighted by Gasteiger charge is 2.16. The lowest BCUT2D eigenvalue weighted by Gasteiger charge is -2.19. The first kappa shape index (κ1) is 12.2. The van der Waals surface area contributed by atoms with Crippen molar-refractivity contribution < 1.29 is 9.21 Å². The molecule has 1 amide bonds. The van der Waals surface area contributed by atoms with Crippen LogP contribution in [0.15, 0.2) is 41.1 Å². The second-order valence-electron chi connectivity index (χ2n) is 3.88. The number of nitrogens with two attached hydrogens (primary N) is 1. The third-order valence-corrected chi connectivity index (χ3v) is 2.60. The van der Waals surface area contributed by atoms with Gasteiger partial charge in [-0.15, -0.1) is 0 Å². The Kier molecular flexibility index (Phi) is 3.62. The van der Waals surface area contributed by atoms with E-state index in [0.29, 0.717) is 24.5 Å². The van der Waals surface area contributed by atoms with Gasteiger partial charge in [0.25, 0.3) is 5.91 Å². The van der Waals surface area contributed by atoms with Crippen molar-refractivity contribution in [2.24, 2.45) is 0 Å². The summed E-state index contributed by atoms with van der Waals surface area (Å²) in [7, 11) is 0. The minimum absolute atomic E-state index is 0.131. The summed E-state index contributed by atoms with van der Waals surface area (Å²) in [4.78, 5) is 17.9. The van der Waals surface area contributed by atoms with Crippen LogP contribution in [-0.4, -0.2) is 22.3 Å². The average Bonchev–Trinajstić information content (AvgIpc) is 2.89. The molecule has 0 aliphatic rings. The van der Waals surface area contributed by atoms with Crippen molar-refractivity contribution in [3.05, 3.63) is 48.2 Å². The number of hydrogen-bond acceptors (Lipinski definition) is 4. The number of carbonyl (C=O) groups excluding carboxylic acids is 1. The number of anilines is 1. The summed E-state index contributed by atoms with van der Waals surface area (Å²) in [5.41, 5.74) is 6.47. The zero-order valence-corrected chi connectivity index (χ0v) is 10.2. The van der Waals surface area contributed by atoms with Crippen LogP contribution in [0.2, 0.25) is 0 Å². The zero-order chi connectivity index (χ0) is 13.0. The predicted molar refractivity (Wildman–Crippen MR) is 67.8 cm³/mol. The molecule has 94 valence electrons. The van der Waals surface area contributed by atoms with Gasteiger partial charge in [0, 0.05) is 6.54 Å². The number of amides is 1. The summed E-state index contributed by atoms with van der Waals surface area (Å²) in [6, 6.07) is 6.94. The number of pyridine rings is 1. The molecule has 2 N–H and O–H groups in total. The fourth-order valence-corrected chi connectivity index (χ4v) is 1.61. The fourth-order valence-electron chi connectivity index (χ4n) is 1.61. The molecule has 0 unspecified atom stereocenters. The number of aromatic nitrogens is 1. The molecule has 0 atom stereocenters. The molecule has 2 aromatic rings. The maximum absolute atomic E-state index is 12.2. The van der Waals surface area contributed by atoms with Gasteiger partial charge in [-0.3, -0.25) is 4.79 Å². The van der Waals surface area contributed by atoms with Crippen LogP contribution in [0.1, 0.15) is 23.2 Å². The fraction of sp³-hybridized carbons (Fsp3) is 0.231. The van der Waals surface area contributed by atoms with E-state index >= 15 is 0 Å². The lowest BCUT2D eigenvalue weighted by Crippen LogP contribution is -2.30. The van der Waals surface area contributed by atoms with Crippen LogP contribution in [0.25, 0.3) is 0 Å². The summed E-state index contributed by atoms with van der Waals surface area (Å²) >= 11 is 0. The highest BCUT2D eigenvalue weighted by atomic mass is 16.3. The van der Waals surface area contributed by atoms with Gasteiger partial charge < -0.3 is 15.1 Å². The first-order chi connectivity index (χ1) is 8.70. The molecule has 2 rings (SSSR count). The minimum atomic E-state index is -0.131. The molecule has 2 aromatic heterocycles. The highest BCUT2D eigenvalue weighted by Crippen LogP contribution is 2.10. The van der Waals surface area contributed by atoms with Crippen molar-refractivity contribution in [1.82, 2.24) is 9.88 Å². The Balaban J connectivity index is 2.12. The van der Waals surface area contributed by atoms with E-state index in [1.165, 1.54) is 6.20 Å². The number of hydrogen-bond donors (Lipinski definition) is 1. The maximum atomic E-state index is 12.2. The predicted octanol–water partition coefficient (Wildman–Crippen LogP) is 1.92. The van der Waals surface area contributed by atoms with Crippen LogP contribution in [0, 0.1) is 0 Å². The van der Waals surface area contributed by atoms with Gasteiger partial charge in [0.1, 0.15) is 11.5 Å². The van der Waals surface area contributed by atoms with Crippen LogP contribution in [0.4, 0.5) is 5.69 Å². The van der Waals surface area contributed by atoms with Crippen LogP contribution in [-0.2, 0) is 6.54 Å². The van der Waals surface area contributed by atoms with Crippen LogP contribution < -0.4 is 5.73 Å². The summed E-state index contributed by atoms with van der Waals surface area (Å²) in [5, 5.41) is 0. The number of furan rings is 1. The minimum Gasteiger partial charge on any atom is -0.467 e. The molecular weight excluding hydrogens is 230 g/mol. The first-order valence-corrected chi connectivity index (χ1v) is 5.74. The number of carbonyl (C=O) groups is 1. The third kappa shape index (κ3) is 2.68. The van der Waals surface area contributed by atoms with E-state index in [1.54, 1.807) is 29.4 Å². The standard InChI is InChI=1S/C13H15N3O2/c1-2-16(9-11-4-3-7-18-11)13(17)12-6-5-10(14)8-15-12/h3-8H,2,9,14H2,1H3. The molecule has 2 heterocycles. The lowest BCUT2D eigenvalue weighted by molar-refractivity contribution is 0.0735. The van der Waals surface area contributed by atoms with Crippen molar-refractivity contribution in [3.8, 4) is 0 Å². The number of nitrogen functional groups attached to an aromatic ring is 1. The van der Waals surface area contributed by atoms with Crippen LogP contribution >= 0.6 is 0 Å². The van der Waals surface area contributed by atoms with E-state index in [-0.39, 0.29) is 5.91 Å². The van der Waals surface area contributed by atoms with E-state index < -0.39 is 0 Å². The quantitative estimate of drug-likeness (QED) is 0.893. The summed E-state index contributed by atoms with van der Waals surface area (Å²) < 4.78 is 5.24. The van der Waals surface area contributed by atoms with E-state index in [1.807, 2.05) is 13.0 Å². The highest BCUT2D eigenvalue weighted by molar-refractivity contribution is 5.92. The number of rotatable bonds is 4. The van der Waals surface area contributed by atoms with Crippen molar-refractivity contribution in [2.75, 3.05) is 12.3 Å². The molecule has 0 spiro atoms. The Morgan fingerprint density at radius 2 is 2.28 bits per heavy atom. The van der Waals surface area contributed by atoms with Gasteiger partial charge in [0.2, 0.25) is 0 Å². The van der Waals surface area contributed by atoms with Crippen LogP contribution in [0.5, 0.6) is 0 Å². The van der Waals surface area contributed by atoms with Gasteiger partial charge in [0.05, 0.1) is 24.7 Å². The molecular formula is C13H15N3O2. The van der Waals surface area contributed by atoms with E-state index in [4.69, 9.17) is 10.2 Å². The Bertz CT molecular complexity index is 506. The topological polar surface area (TPSA) is 72.4 Å². The third-order valence-electron chi connectivity index (χ3n) is 2.60. The Hall–Kier alpha value is -2.30. The van der Waals surface area contributed by atoms with Gasteiger partial charge in [0.15, 0.2) is 0 Å². The Labute approximate surface area is 105 Å². The Morgan fingerprint density at radius 1 is 1.44 bits per heavy atom. The van der Waals surface area contributed by atoms with Gasteiger partial charge in [-0.05, 0) is 31.2 Å². The van der Waals surface area contributed by atoms with Gasteiger partial charge >= 0.3 is 0 Å². The molecule has 0 saturated heterocycles. The van der Waals surface area contributed by atoms with Gasteiger partial charge in [-0.2, -0.15) is 0 Å². The summed E-state index contributed by atoms with van der Waals surface area (Å²) in [6.07, 6.45) is 3.07. The zero-order valence-electron chi connectivity index (χ0n) is 10.2. The van der Waals surface area contributed by atoms with Gasteiger partial charge in [-0.25, -0.2) is 4.98 Å². The SMILES string of the molecule is CCN(Cc1ccco1)C(=O)c1ccc(N)cn1. The van der Waals surface area contributed by atoms with E-state index in [9.17, 15) is 4.79 Å². The van der Waals surface area contributed by atoms with Crippen molar-refractivity contribution in [1.29, 1.82) is 0 Å². The van der Waals surface area contributed by atoms with Crippen molar-refractivity contribution >= 4 is 11.6 Å². The number of nitrogens with zero attached hydrogens (tertiary/aromatic N) is 2. The lowest BCUT2D eigenvalue weighted by atomic mass is 10.3. The molecule has 5 nitrogen and oxygen atoms in total. The molecule has 5 heteroatoms. The largest absolute Gasteiger partial charge is 0.467 e. The molecule has 0 aromatic carbocycles. The molecule has 0 saturated carbocycles. The summed E-state index contributed by atoms with van der Waals surface area (Å²) in [6.45, 7) is 2.94. The van der Waals surface area contributed by atoms with Crippen LogP contribution in [0.3, 0.4) is 0 Å². The van der Waals surface area contributed by atoms with Crippen molar-refractivity contribution in [3.63, 3.8) is 0 Å². The molecule has 0 fully saturated rings. The molecule has 18 heavy (non-hydrogen) atoms. The van der Waals surface area contributed by atoms with E-state index in [0.717, 1.165) is 5.76 Å². The normalized spacial score (nSPS) is 10.3. The second-order valence-corrected chi connectivity index (χ2v) is 3.88. The Morgan fingerprint density at radius 3 is 2.83 bits per heavy atom. The smallest absolute Gasteiger partial charge is 0.272 e. The van der Waals surface area contributed by atoms with Crippen molar-refractivity contribution in [2.45, 2.75) is 13.5 Å². The summed E-state index contributed by atoms with van der Waals surface area (Å²) in [5.74, 6) is 0.620. The monoisotopic (exact) mass is 245 g/mol. The maximum Gasteiger partial charge on any atom is 0.272 e. The molecule has 0 aliphatic carbocycles.